The number of aliphatic hydroxyl groups is 11. The van der Waals surface area contributed by atoms with Gasteiger partial charge < -0.3 is 75.1 Å². The Balaban J connectivity index is 1.30. The fraction of sp³-hybridized carbons (Fsp3) is 0.952. The first-order chi connectivity index (χ1) is 26.8. The Morgan fingerprint density at radius 3 is 1.88 bits per heavy atom. The van der Waals surface area contributed by atoms with E-state index in [0.717, 1.165) is 44.1 Å². The van der Waals surface area contributed by atoms with Crippen molar-refractivity contribution in [1.82, 2.24) is 0 Å². The zero-order chi connectivity index (χ0) is 41.9. The molecule has 6 rings (SSSR count). The summed E-state index contributed by atoms with van der Waals surface area (Å²) in [6.45, 7) is 9.55. The Morgan fingerprint density at radius 1 is 0.667 bits per heavy atom. The van der Waals surface area contributed by atoms with Crippen molar-refractivity contribution in [3.8, 4) is 0 Å². The highest BCUT2D eigenvalue weighted by molar-refractivity contribution is 5.19. The lowest BCUT2D eigenvalue weighted by molar-refractivity contribution is -0.346. The summed E-state index contributed by atoms with van der Waals surface area (Å²) in [6.07, 6.45) is -6.78. The summed E-state index contributed by atoms with van der Waals surface area (Å²) >= 11 is 0. The first-order valence-electron chi connectivity index (χ1n) is 21.3. The normalized spacial score (nSPS) is 53.1. The maximum absolute atomic E-state index is 12.2. The molecule has 15 nitrogen and oxygen atoms in total. The van der Waals surface area contributed by atoms with E-state index in [-0.39, 0.29) is 53.8 Å². The SMILES string of the molecule is C/C(=C\CC[C@]1(CO)CC[C@]2(C)[C@H](CC[C@@H]3[C@@]4(C)CC[C@H](O[C@@H]5O[C@H](CO)[C@@H](O)[C@H](O)[C@H]5O)[C@@](C)(CO[C@@H]5O[C@H](CO)[C@@H](O)[C@H](O)[C@H]5O)[C@@H]4CC[C@]32C)[C@H]1O)CO. The number of fused-ring (bicyclic) bond motifs is 5. The first kappa shape index (κ1) is 45.7. The molecule has 0 bridgehead atoms. The predicted molar refractivity (Wildman–Crippen MR) is 204 cm³/mol. The second-order valence-corrected chi connectivity index (χ2v) is 19.8. The Morgan fingerprint density at radius 2 is 1.28 bits per heavy atom. The maximum atomic E-state index is 12.2. The third kappa shape index (κ3) is 7.49. The van der Waals surface area contributed by atoms with Crippen molar-refractivity contribution in [3.05, 3.63) is 11.6 Å². The van der Waals surface area contributed by atoms with Gasteiger partial charge in [-0.1, -0.05) is 39.3 Å². The van der Waals surface area contributed by atoms with E-state index in [1.54, 1.807) is 0 Å². The van der Waals surface area contributed by atoms with Gasteiger partial charge in [-0.15, -0.1) is 0 Å². The molecule has 4 saturated carbocycles. The molecule has 330 valence electrons. The lowest BCUT2D eigenvalue weighted by Gasteiger charge is -2.72. The number of aliphatic hydroxyl groups excluding tert-OH is 11. The molecule has 0 spiro atoms. The second kappa shape index (κ2) is 17.1. The Labute approximate surface area is 336 Å². The molecule has 15 heteroatoms. The van der Waals surface area contributed by atoms with Crippen molar-refractivity contribution >= 4 is 0 Å². The molecule has 0 aromatic rings. The minimum Gasteiger partial charge on any atom is -0.396 e. The average molecular weight is 817 g/mol. The van der Waals surface area contributed by atoms with Gasteiger partial charge in [-0.2, -0.15) is 0 Å². The van der Waals surface area contributed by atoms with Crippen molar-refractivity contribution in [2.24, 2.45) is 44.8 Å². The molecule has 11 N–H and O–H groups in total. The van der Waals surface area contributed by atoms with Crippen molar-refractivity contribution in [1.29, 1.82) is 0 Å². The van der Waals surface area contributed by atoms with Crippen LogP contribution in [0.25, 0.3) is 0 Å². The van der Waals surface area contributed by atoms with E-state index < -0.39 is 97.7 Å². The highest BCUT2D eigenvalue weighted by Crippen LogP contribution is 2.75. The third-order valence-electron chi connectivity index (χ3n) is 17.1. The van der Waals surface area contributed by atoms with Gasteiger partial charge in [0.15, 0.2) is 12.6 Å². The van der Waals surface area contributed by atoms with Crippen LogP contribution in [-0.4, -0.2) is 163 Å². The fourth-order valence-corrected chi connectivity index (χ4v) is 13.2. The number of ether oxygens (including phenoxy) is 4. The van der Waals surface area contributed by atoms with Gasteiger partial charge in [0, 0.05) is 10.8 Å². The first-order valence-corrected chi connectivity index (χ1v) is 21.3. The molecule has 0 unspecified atom stereocenters. The Hall–Kier alpha value is -0.860. The molecule has 0 radical (unpaired) electrons. The van der Waals surface area contributed by atoms with E-state index in [1.807, 2.05) is 19.9 Å². The summed E-state index contributed by atoms with van der Waals surface area (Å²) in [7, 11) is 0. The smallest absolute Gasteiger partial charge is 0.186 e. The summed E-state index contributed by atoms with van der Waals surface area (Å²) in [5.41, 5.74) is -1.31. The molecule has 57 heavy (non-hydrogen) atoms. The number of rotatable bonds is 12. The highest BCUT2D eigenvalue weighted by atomic mass is 16.7. The van der Waals surface area contributed by atoms with E-state index in [9.17, 15) is 56.2 Å². The van der Waals surface area contributed by atoms with Gasteiger partial charge in [0.05, 0.1) is 45.2 Å². The average Bonchev–Trinajstić information content (AvgIpc) is 3.19. The minimum atomic E-state index is -1.63. The van der Waals surface area contributed by atoms with Crippen LogP contribution in [0.1, 0.15) is 98.8 Å². The van der Waals surface area contributed by atoms with Gasteiger partial charge >= 0.3 is 0 Å². The van der Waals surface area contributed by atoms with E-state index in [2.05, 4.69) is 20.8 Å². The van der Waals surface area contributed by atoms with E-state index in [0.29, 0.717) is 25.7 Å². The van der Waals surface area contributed by atoms with E-state index in [1.165, 1.54) is 0 Å². The van der Waals surface area contributed by atoms with Crippen LogP contribution in [0.3, 0.4) is 0 Å². The topological polar surface area (TPSA) is 259 Å². The predicted octanol–water partition coefficient (Wildman–Crippen LogP) is 0.0954. The van der Waals surface area contributed by atoms with Crippen LogP contribution in [-0.2, 0) is 18.9 Å². The Kier molecular flexibility index (Phi) is 13.7. The summed E-state index contributed by atoms with van der Waals surface area (Å²) in [5.74, 6) is 0.131. The second-order valence-electron chi connectivity index (χ2n) is 19.8. The van der Waals surface area contributed by atoms with Crippen molar-refractivity contribution < 1.29 is 75.1 Å². The standard InChI is InChI=1S/C42H72O15/c1-22(17-43)7-6-12-42(20-46)16-15-40(4)23(35(42)53)8-9-27-38(2)13-11-28(57-37-34(52)32(50)30(48)25(19-45)56-37)39(3,26(38)10-14-41(27,40)5)21-54-36-33(51)31(49)29(47)24(18-44)55-36/h7,23-37,43-53H,6,8-21H2,1-5H3/b22-7+/t23-,24-,25-,26-,27-,28+,29-,30-,31+,32+,33-,34-,35-,36-,37+,38+,39+,40-,41-,42-/m1/s1. The largest absolute Gasteiger partial charge is 0.396 e. The molecule has 4 aliphatic carbocycles. The number of hydrogen-bond donors (Lipinski definition) is 11. The molecular formula is C42H72O15. The molecule has 0 amide bonds. The maximum Gasteiger partial charge on any atom is 0.186 e. The van der Waals surface area contributed by atoms with Gasteiger partial charge in [-0.05, 0) is 105 Å². The molecule has 0 aromatic heterocycles. The summed E-state index contributed by atoms with van der Waals surface area (Å²) in [5, 5.41) is 116. The number of allylic oxidation sites excluding steroid dienone is 1. The van der Waals surface area contributed by atoms with Gasteiger partial charge in [-0.3, -0.25) is 0 Å². The summed E-state index contributed by atoms with van der Waals surface area (Å²) in [4.78, 5) is 0. The molecule has 6 aliphatic rings. The van der Waals surface area contributed by atoms with Gasteiger partial charge in [0.1, 0.15) is 48.8 Å². The molecule has 20 atom stereocenters. The fourth-order valence-electron chi connectivity index (χ4n) is 13.2. The monoisotopic (exact) mass is 816 g/mol. The van der Waals surface area contributed by atoms with Crippen LogP contribution in [0, 0.1) is 44.8 Å². The summed E-state index contributed by atoms with van der Waals surface area (Å²) < 4.78 is 24.5. The van der Waals surface area contributed by atoms with E-state index >= 15 is 0 Å². The minimum absolute atomic E-state index is 0.0190. The molecule has 2 aliphatic heterocycles. The van der Waals surface area contributed by atoms with Crippen LogP contribution in [0.4, 0.5) is 0 Å². The summed E-state index contributed by atoms with van der Waals surface area (Å²) in [6, 6.07) is 0. The van der Waals surface area contributed by atoms with Crippen LogP contribution < -0.4 is 0 Å². The van der Waals surface area contributed by atoms with Gasteiger partial charge in [0.25, 0.3) is 0 Å². The zero-order valence-corrected chi connectivity index (χ0v) is 34.4. The lowest BCUT2D eigenvalue weighted by Crippen LogP contribution is -2.69. The van der Waals surface area contributed by atoms with Crippen LogP contribution in [0.2, 0.25) is 0 Å². The zero-order valence-electron chi connectivity index (χ0n) is 34.4. The Bertz CT molecular complexity index is 1400. The van der Waals surface area contributed by atoms with Crippen molar-refractivity contribution in [2.45, 2.75) is 172 Å². The van der Waals surface area contributed by atoms with Crippen LogP contribution >= 0.6 is 0 Å². The van der Waals surface area contributed by atoms with E-state index in [4.69, 9.17) is 18.9 Å². The van der Waals surface area contributed by atoms with Crippen LogP contribution in [0.15, 0.2) is 11.6 Å². The van der Waals surface area contributed by atoms with Gasteiger partial charge in [0.2, 0.25) is 0 Å². The highest BCUT2D eigenvalue weighted by Gasteiger charge is 2.70. The molecule has 6 fully saturated rings. The molecule has 0 aromatic carbocycles. The lowest BCUT2D eigenvalue weighted by atomic mass is 9.33. The quantitative estimate of drug-likeness (QED) is 0.0922. The van der Waals surface area contributed by atoms with Gasteiger partial charge in [-0.25, -0.2) is 0 Å². The molecule has 2 heterocycles. The third-order valence-corrected chi connectivity index (χ3v) is 17.1. The number of hydrogen-bond acceptors (Lipinski definition) is 15. The van der Waals surface area contributed by atoms with Crippen molar-refractivity contribution in [2.75, 3.05) is 33.0 Å². The molecule has 2 saturated heterocycles. The van der Waals surface area contributed by atoms with Crippen molar-refractivity contribution in [3.63, 3.8) is 0 Å². The van der Waals surface area contributed by atoms with Crippen LogP contribution in [0.5, 0.6) is 0 Å². The molecular weight excluding hydrogens is 744 g/mol.